The summed E-state index contributed by atoms with van der Waals surface area (Å²) in [5.74, 6) is 0. The zero-order valence-electron chi connectivity index (χ0n) is 17.7. The maximum atomic E-state index is 12.2. The van der Waals surface area contributed by atoms with Crippen molar-refractivity contribution in [1.29, 1.82) is 0 Å². The molecule has 1 amide bonds. The minimum absolute atomic E-state index is 0.194. The van der Waals surface area contributed by atoms with Crippen molar-refractivity contribution in [2.75, 3.05) is 53.3 Å². The maximum Gasteiger partial charge on any atom is 0.500 e. The van der Waals surface area contributed by atoms with Gasteiger partial charge in [0.15, 0.2) is 0 Å². The van der Waals surface area contributed by atoms with Crippen molar-refractivity contribution in [1.82, 2.24) is 5.06 Å². The van der Waals surface area contributed by atoms with Crippen LogP contribution in [0.3, 0.4) is 0 Å². The second kappa shape index (κ2) is 16.2. The number of rotatable bonds is 17. The van der Waals surface area contributed by atoms with Crippen molar-refractivity contribution in [2.45, 2.75) is 53.4 Å². The molecule has 0 aliphatic carbocycles. The summed E-state index contributed by atoms with van der Waals surface area (Å²) in [6.07, 6.45) is -0.705. The molecule has 0 aliphatic heterocycles. The van der Waals surface area contributed by atoms with Crippen LogP contribution in [0.5, 0.6) is 0 Å². The van der Waals surface area contributed by atoms with Gasteiger partial charge in [0.2, 0.25) is 6.29 Å². The molecule has 0 radical (unpaired) electrons. The second-order valence-corrected chi connectivity index (χ2v) is 8.06. The number of amides is 1. The summed E-state index contributed by atoms with van der Waals surface area (Å²) in [6, 6.07) is 0.561. The molecule has 0 spiro atoms. The molecule has 0 bridgehead atoms. The largest absolute Gasteiger partial charge is 0.500 e. The Kier molecular flexibility index (Phi) is 15.8. The van der Waals surface area contributed by atoms with Crippen LogP contribution >= 0.6 is 0 Å². The fraction of sp³-hybridized carbons (Fsp3) is 0.941. The zero-order chi connectivity index (χ0) is 20.5. The molecule has 0 saturated carbocycles. The first-order chi connectivity index (χ1) is 13.0. The van der Waals surface area contributed by atoms with Crippen molar-refractivity contribution in [3.63, 3.8) is 0 Å². The quantitative estimate of drug-likeness (QED) is 0.205. The molecular formula is C17H37NO8Si. The topological polar surface area (TPSA) is 84.9 Å². The molecule has 0 aromatic rings. The number of hydrogen-bond acceptors (Lipinski definition) is 8. The number of carbonyl (C=O) groups is 1. The lowest BCUT2D eigenvalue weighted by Gasteiger charge is -2.30. The molecule has 0 aliphatic rings. The van der Waals surface area contributed by atoms with Crippen molar-refractivity contribution < 1.29 is 37.1 Å². The van der Waals surface area contributed by atoms with Crippen LogP contribution in [-0.2, 0) is 32.3 Å². The van der Waals surface area contributed by atoms with Gasteiger partial charge >= 0.3 is 14.9 Å². The number of ether oxygens (including phenoxy) is 3. The highest BCUT2D eigenvalue weighted by molar-refractivity contribution is 6.60. The van der Waals surface area contributed by atoms with Gasteiger partial charge in [-0.25, -0.2) is 9.63 Å². The average Bonchev–Trinajstić information content (AvgIpc) is 2.62. The Morgan fingerprint density at radius 2 is 1.52 bits per heavy atom. The second-order valence-electron chi connectivity index (χ2n) is 5.33. The van der Waals surface area contributed by atoms with E-state index in [1.807, 2.05) is 27.7 Å². The van der Waals surface area contributed by atoms with Crippen LogP contribution in [0.15, 0.2) is 0 Å². The lowest BCUT2D eigenvalue weighted by Crippen LogP contribution is -2.47. The van der Waals surface area contributed by atoms with Crippen LogP contribution in [0, 0.1) is 0 Å². The fourth-order valence-electron chi connectivity index (χ4n) is 2.40. The van der Waals surface area contributed by atoms with Crippen molar-refractivity contribution in [2.24, 2.45) is 0 Å². The van der Waals surface area contributed by atoms with Crippen molar-refractivity contribution in [3.05, 3.63) is 0 Å². The van der Waals surface area contributed by atoms with E-state index in [-0.39, 0.29) is 19.8 Å². The van der Waals surface area contributed by atoms with E-state index in [4.69, 9.17) is 32.3 Å². The van der Waals surface area contributed by atoms with Crippen LogP contribution < -0.4 is 0 Å². The average molecular weight is 412 g/mol. The monoisotopic (exact) mass is 411 g/mol. The Morgan fingerprint density at radius 3 is 1.96 bits per heavy atom. The maximum absolute atomic E-state index is 12.2. The first kappa shape index (κ1) is 26.2. The van der Waals surface area contributed by atoms with Gasteiger partial charge in [-0.05, 0) is 41.0 Å². The first-order valence-corrected chi connectivity index (χ1v) is 11.6. The Balaban J connectivity index is 4.95. The van der Waals surface area contributed by atoms with Gasteiger partial charge in [0.1, 0.15) is 0 Å². The van der Waals surface area contributed by atoms with E-state index in [9.17, 15) is 4.79 Å². The van der Waals surface area contributed by atoms with E-state index in [0.717, 1.165) is 5.06 Å². The van der Waals surface area contributed by atoms with E-state index in [2.05, 4.69) is 0 Å². The number of carbonyl (C=O) groups excluding carboxylic acids is 1. The fourth-order valence-corrected chi connectivity index (χ4v) is 4.99. The first-order valence-electron chi connectivity index (χ1n) is 9.65. The summed E-state index contributed by atoms with van der Waals surface area (Å²) in [5, 5.41) is 1.16. The number of hydroxylamine groups is 2. The molecule has 1 unspecified atom stereocenters. The van der Waals surface area contributed by atoms with E-state index < -0.39 is 21.2 Å². The summed E-state index contributed by atoms with van der Waals surface area (Å²) in [6.45, 7) is 12.0. The Morgan fingerprint density at radius 1 is 0.926 bits per heavy atom. The van der Waals surface area contributed by atoms with Gasteiger partial charge in [0, 0.05) is 39.6 Å². The standard InChI is InChI=1S/C17H37NO8Si/c1-7-21-16(15-20-6)26-18(17(19)22-8-2)13-12-14-27(23-9-3,24-10-4)25-11-5/h16H,7-15H2,1-6H3. The summed E-state index contributed by atoms with van der Waals surface area (Å²) in [7, 11) is -1.24. The van der Waals surface area contributed by atoms with Crippen LogP contribution in [0.1, 0.15) is 41.0 Å². The summed E-state index contributed by atoms with van der Waals surface area (Å²) < 4.78 is 33.1. The highest BCUT2D eigenvalue weighted by Gasteiger charge is 2.40. The predicted molar refractivity (Wildman–Crippen MR) is 102 cm³/mol. The lowest BCUT2D eigenvalue weighted by atomic mass is 10.5. The normalized spacial score (nSPS) is 12.8. The van der Waals surface area contributed by atoms with Crippen LogP contribution in [-0.4, -0.2) is 79.5 Å². The van der Waals surface area contributed by atoms with Crippen molar-refractivity contribution in [3.8, 4) is 0 Å². The molecule has 0 fully saturated rings. The highest BCUT2D eigenvalue weighted by atomic mass is 28.4. The highest BCUT2D eigenvalue weighted by Crippen LogP contribution is 2.19. The number of hydrogen-bond donors (Lipinski definition) is 0. The van der Waals surface area contributed by atoms with E-state index >= 15 is 0 Å². The molecule has 0 heterocycles. The molecule has 1 atom stereocenters. The van der Waals surface area contributed by atoms with E-state index in [1.54, 1.807) is 6.92 Å². The molecule has 9 nitrogen and oxygen atoms in total. The molecule has 0 rings (SSSR count). The SMILES string of the molecule is CCOC(=O)N(CCC[Si](OCC)(OCC)OCC)OC(COC)OCC. The lowest BCUT2D eigenvalue weighted by molar-refractivity contribution is -0.273. The van der Waals surface area contributed by atoms with Gasteiger partial charge in [0.25, 0.3) is 0 Å². The third-order valence-corrected chi connectivity index (χ3v) is 6.46. The van der Waals surface area contributed by atoms with Crippen molar-refractivity contribution >= 4 is 14.9 Å². The summed E-state index contributed by atoms with van der Waals surface area (Å²) >= 11 is 0. The van der Waals surface area contributed by atoms with Gasteiger partial charge < -0.3 is 27.5 Å². The predicted octanol–water partition coefficient (Wildman–Crippen LogP) is 2.82. The summed E-state index contributed by atoms with van der Waals surface area (Å²) in [4.78, 5) is 17.9. The summed E-state index contributed by atoms with van der Waals surface area (Å²) in [5.41, 5.74) is 0. The molecule has 10 heteroatoms. The van der Waals surface area contributed by atoms with Crippen LogP contribution in [0.25, 0.3) is 0 Å². The minimum atomic E-state index is -2.78. The number of nitrogens with zero attached hydrogens (tertiary/aromatic N) is 1. The van der Waals surface area contributed by atoms with Gasteiger partial charge in [-0.1, -0.05) is 0 Å². The number of methoxy groups -OCH3 is 1. The molecular weight excluding hydrogens is 374 g/mol. The molecule has 0 aromatic carbocycles. The minimum Gasteiger partial charge on any atom is -0.448 e. The van der Waals surface area contributed by atoms with E-state index in [0.29, 0.717) is 38.9 Å². The van der Waals surface area contributed by atoms with Gasteiger partial charge in [-0.2, -0.15) is 5.06 Å². The third-order valence-electron chi connectivity index (χ3n) is 3.31. The molecule has 0 aromatic heterocycles. The van der Waals surface area contributed by atoms with Crippen LogP contribution in [0.4, 0.5) is 4.79 Å². The Bertz CT molecular complexity index is 352. The molecule has 0 N–H and O–H groups in total. The van der Waals surface area contributed by atoms with Crippen LogP contribution in [0.2, 0.25) is 6.04 Å². The van der Waals surface area contributed by atoms with Gasteiger partial charge in [-0.15, -0.1) is 0 Å². The Hall–Kier alpha value is -0.753. The third kappa shape index (κ3) is 11.0. The Labute approximate surface area is 164 Å². The van der Waals surface area contributed by atoms with Gasteiger partial charge in [-0.3, -0.25) is 0 Å². The zero-order valence-corrected chi connectivity index (χ0v) is 18.7. The van der Waals surface area contributed by atoms with Gasteiger partial charge in [0.05, 0.1) is 19.8 Å². The molecule has 27 heavy (non-hydrogen) atoms. The van der Waals surface area contributed by atoms with E-state index in [1.165, 1.54) is 7.11 Å². The molecule has 0 saturated heterocycles. The smallest absolute Gasteiger partial charge is 0.448 e. The molecule has 162 valence electrons.